The molecule has 1 aliphatic rings. The molecule has 4 nitrogen and oxygen atoms in total. The molecule has 1 rings (SSSR count). The van der Waals surface area contributed by atoms with Gasteiger partial charge in [-0.1, -0.05) is 72.1 Å². The number of ether oxygens (including phenoxy) is 2. The molecule has 0 aromatic rings. The van der Waals surface area contributed by atoms with Gasteiger partial charge in [0.05, 0.1) is 25.0 Å². The highest BCUT2D eigenvalue weighted by atomic mass is 16.5. The first-order valence-corrected chi connectivity index (χ1v) is 12.0. The average molecular weight is 397 g/mol. The molecule has 0 N–H and O–H groups in total. The van der Waals surface area contributed by atoms with Gasteiger partial charge in [0.15, 0.2) is 0 Å². The van der Waals surface area contributed by atoms with Crippen LogP contribution in [-0.2, 0) is 19.1 Å². The zero-order chi connectivity index (χ0) is 20.6. The van der Waals surface area contributed by atoms with Crippen molar-refractivity contribution in [3.05, 3.63) is 0 Å². The van der Waals surface area contributed by atoms with Crippen LogP contribution < -0.4 is 0 Å². The lowest BCUT2D eigenvalue weighted by atomic mass is 9.81. The third-order valence-corrected chi connectivity index (χ3v) is 5.96. The third-order valence-electron chi connectivity index (χ3n) is 5.96. The van der Waals surface area contributed by atoms with E-state index in [1.165, 1.54) is 32.1 Å². The molecule has 1 fully saturated rings. The summed E-state index contributed by atoms with van der Waals surface area (Å²) in [7, 11) is 0. The van der Waals surface area contributed by atoms with E-state index in [1.54, 1.807) is 0 Å². The average Bonchev–Trinajstić information content (AvgIpc) is 2.71. The lowest BCUT2D eigenvalue weighted by molar-refractivity contribution is -0.156. The van der Waals surface area contributed by atoms with Gasteiger partial charge in [-0.2, -0.15) is 0 Å². The Morgan fingerprint density at radius 1 is 0.786 bits per heavy atom. The summed E-state index contributed by atoms with van der Waals surface area (Å²) in [6.07, 6.45) is 14.7. The molecule has 1 aliphatic carbocycles. The van der Waals surface area contributed by atoms with Crippen LogP contribution in [0.25, 0.3) is 0 Å². The van der Waals surface area contributed by atoms with Crippen LogP contribution in [0.5, 0.6) is 0 Å². The molecule has 0 aromatic carbocycles. The molecule has 3 unspecified atom stereocenters. The van der Waals surface area contributed by atoms with Gasteiger partial charge in [-0.3, -0.25) is 9.59 Å². The topological polar surface area (TPSA) is 52.6 Å². The van der Waals surface area contributed by atoms with E-state index in [0.29, 0.717) is 25.6 Å². The van der Waals surface area contributed by atoms with Gasteiger partial charge >= 0.3 is 11.9 Å². The molecule has 0 bridgehead atoms. The summed E-state index contributed by atoms with van der Waals surface area (Å²) >= 11 is 0. The third kappa shape index (κ3) is 10.5. The van der Waals surface area contributed by atoms with Crippen molar-refractivity contribution in [2.75, 3.05) is 13.2 Å². The van der Waals surface area contributed by atoms with E-state index in [0.717, 1.165) is 51.4 Å². The number of carbonyl (C=O) groups excluding carboxylic acids is 2. The molecule has 0 spiro atoms. The first kappa shape index (κ1) is 25.0. The minimum Gasteiger partial charge on any atom is -0.465 e. The van der Waals surface area contributed by atoms with E-state index in [1.807, 2.05) is 0 Å². The minimum atomic E-state index is -0.135. The maximum absolute atomic E-state index is 12.6. The Hall–Kier alpha value is -1.06. The molecular formula is C24H44O4. The Morgan fingerprint density at radius 3 is 2.07 bits per heavy atom. The van der Waals surface area contributed by atoms with E-state index in [2.05, 4.69) is 20.8 Å². The van der Waals surface area contributed by atoms with Gasteiger partial charge in [-0.05, 0) is 44.4 Å². The fraction of sp³-hybridized carbons (Fsp3) is 0.917. The summed E-state index contributed by atoms with van der Waals surface area (Å²) in [4.78, 5) is 24.9. The highest BCUT2D eigenvalue weighted by Crippen LogP contribution is 2.31. The normalized spacial score (nSPS) is 20.5. The fourth-order valence-corrected chi connectivity index (χ4v) is 4.16. The lowest BCUT2D eigenvalue weighted by Crippen LogP contribution is -2.30. The molecule has 28 heavy (non-hydrogen) atoms. The summed E-state index contributed by atoms with van der Waals surface area (Å²) in [5, 5.41) is 0. The van der Waals surface area contributed by atoms with Gasteiger partial charge in [-0.25, -0.2) is 0 Å². The van der Waals surface area contributed by atoms with Gasteiger partial charge in [0.25, 0.3) is 0 Å². The number of carbonyl (C=O) groups is 2. The first-order chi connectivity index (χ1) is 13.6. The van der Waals surface area contributed by atoms with Crippen LogP contribution in [0.15, 0.2) is 0 Å². The molecule has 3 atom stereocenters. The minimum absolute atomic E-state index is 0.1000. The summed E-state index contributed by atoms with van der Waals surface area (Å²) in [5.41, 5.74) is 0. The number of hydrogen-bond acceptors (Lipinski definition) is 4. The second kappa shape index (κ2) is 15.8. The molecule has 164 valence electrons. The first-order valence-electron chi connectivity index (χ1n) is 12.0. The van der Waals surface area contributed by atoms with Gasteiger partial charge in [0, 0.05) is 0 Å². The van der Waals surface area contributed by atoms with Crippen LogP contribution in [0, 0.1) is 17.8 Å². The second-order valence-corrected chi connectivity index (χ2v) is 8.57. The molecular weight excluding hydrogens is 352 g/mol. The largest absolute Gasteiger partial charge is 0.465 e. The summed E-state index contributed by atoms with van der Waals surface area (Å²) < 4.78 is 11.1. The van der Waals surface area contributed by atoms with Crippen molar-refractivity contribution in [1.29, 1.82) is 0 Å². The molecule has 4 heteroatoms. The van der Waals surface area contributed by atoms with Crippen molar-refractivity contribution in [2.24, 2.45) is 17.8 Å². The Balaban J connectivity index is 2.34. The van der Waals surface area contributed by atoms with Crippen LogP contribution in [0.2, 0.25) is 0 Å². The van der Waals surface area contributed by atoms with Crippen LogP contribution in [-0.4, -0.2) is 25.2 Å². The maximum atomic E-state index is 12.6. The van der Waals surface area contributed by atoms with Crippen molar-refractivity contribution in [2.45, 2.75) is 111 Å². The lowest BCUT2D eigenvalue weighted by Gasteiger charge is -2.27. The van der Waals surface area contributed by atoms with Crippen LogP contribution >= 0.6 is 0 Å². The molecule has 0 heterocycles. The van der Waals surface area contributed by atoms with Crippen LogP contribution in [0.3, 0.4) is 0 Å². The van der Waals surface area contributed by atoms with Crippen LogP contribution in [0.1, 0.15) is 111 Å². The molecule has 0 amide bonds. The number of hydrogen-bond donors (Lipinski definition) is 0. The van der Waals surface area contributed by atoms with Gasteiger partial charge in [0.2, 0.25) is 0 Å². The molecule has 0 aromatic heterocycles. The quantitative estimate of drug-likeness (QED) is 0.235. The highest BCUT2D eigenvalue weighted by Gasteiger charge is 2.33. The van der Waals surface area contributed by atoms with Gasteiger partial charge in [0.1, 0.15) is 0 Å². The predicted octanol–water partition coefficient (Wildman–Crippen LogP) is 6.46. The van der Waals surface area contributed by atoms with E-state index >= 15 is 0 Å². The number of esters is 2. The summed E-state index contributed by atoms with van der Waals surface area (Å²) in [6.45, 7) is 7.63. The van der Waals surface area contributed by atoms with Crippen LogP contribution in [0.4, 0.5) is 0 Å². The molecule has 0 aliphatic heterocycles. The van der Waals surface area contributed by atoms with E-state index in [-0.39, 0.29) is 23.8 Å². The Kier molecular flexibility index (Phi) is 14.1. The maximum Gasteiger partial charge on any atom is 0.308 e. The van der Waals surface area contributed by atoms with Crippen molar-refractivity contribution in [1.82, 2.24) is 0 Å². The standard InChI is InChI=1S/C24H44O4/c1-4-7-9-11-17-27-23(25)21-15-12-16-22(18-21)24(26)28-19-20(13-6-3)14-10-8-5-2/h20-22H,4-19H2,1-3H3. The molecule has 1 saturated carbocycles. The zero-order valence-electron chi connectivity index (χ0n) is 18.7. The predicted molar refractivity (Wildman–Crippen MR) is 114 cm³/mol. The Labute approximate surface area is 173 Å². The van der Waals surface area contributed by atoms with Crippen molar-refractivity contribution in [3.8, 4) is 0 Å². The summed E-state index contributed by atoms with van der Waals surface area (Å²) in [6, 6.07) is 0. The van der Waals surface area contributed by atoms with Crippen molar-refractivity contribution in [3.63, 3.8) is 0 Å². The van der Waals surface area contributed by atoms with E-state index in [9.17, 15) is 9.59 Å². The SMILES string of the molecule is CCCCCCOC(=O)C1CCCC(C(=O)OCC(CCC)CCCCC)C1. The second-order valence-electron chi connectivity index (χ2n) is 8.57. The highest BCUT2D eigenvalue weighted by molar-refractivity contribution is 5.76. The Morgan fingerprint density at radius 2 is 1.43 bits per heavy atom. The van der Waals surface area contributed by atoms with E-state index in [4.69, 9.17) is 9.47 Å². The Bertz CT molecular complexity index is 421. The van der Waals surface area contributed by atoms with Crippen molar-refractivity contribution >= 4 is 11.9 Å². The number of rotatable bonds is 15. The van der Waals surface area contributed by atoms with Gasteiger partial charge < -0.3 is 9.47 Å². The monoisotopic (exact) mass is 396 g/mol. The summed E-state index contributed by atoms with van der Waals surface area (Å²) in [5.74, 6) is 0.000199. The smallest absolute Gasteiger partial charge is 0.308 e. The van der Waals surface area contributed by atoms with Gasteiger partial charge in [-0.15, -0.1) is 0 Å². The zero-order valence-corrected chi connectivity index (χ0v) is 18.7. The van der Waals surface area contributed by atoms with E-state index < -0.39 is 0 Å². The molecule has 0 radical (unpaired) electrons. The number of unbranched alkanes of at least 4 members (excludes halogenated alkanes) is 5. The molecule has 0 saturated heterocycles. The van der Waals surface area contributed by atoms with Crippen molar-refractivity contribution < 1.29 is 19.1 Å². The fourth-order valence-electron chi connectivity index (χ4n) is 4.16.